The third-order valence-electron chi connectivity index (χ3n) is 4.42. The van der Waals surface area contributed by atoms with Crippen molar-refractivity contribution in [3.63, 3.8) is 0 Å². The molecule has 0 fully saturated rings. The molecule has 0 unspecified atom stereocenters. The van der Waals surface area contributed by atoms with Crippen LogP contribution in [0, 0.1) is 0 Å². The summed E-state index contributed by atoms with van der Waals surface area (Å²) in [6.07, 6.45) is 0. The maximum Gasteiger partial charge on any atom is 0.287 e. The molecule has 0 bridgehead atoms. The predicted octanol–water partition coefficient (Wildman–Crippen LogP) is 4.39. The molecule has 0 spiro atoms. The Hall–Kier alpha value is -2.50. The van der Waals surface area contributed by atoms with E-state index >= 15 is 0 Å². The van der Waals surface area contributed by atoms with Crippen molar-refractivity contribution >= 4 is 28.5 Å². The fourth-order valence-electron chi connectivity index (χ4n) is 2.75. The number of carbonyl (C=O) groups is 1. The largest absolute Gasteiger partial charge is 0.493 e. The van der Waals surface area contributed by atoms with Gasteiger partial charge in [0.25, 0.3) is 5.91 Å². The number of benzene rings is 2. The molecule has 5 nitrogen and oxygen atoms in total. The molecule has 0 saturated heterocycles. The maximum atomic E-state index is 12.5. The fraction of sp³-hybridized carbons (Fsp3) is 0.250. The number of halogens is 1. The summed E-state index contributed by atoms with van der Waals surface area (Å²) < 4.78 is 16.6. The molecule has 3 aromatic rings. The zero-order valence-electron chi connectivity index (χ0n) is 14.8. The van der Waals surface area contributed by atoms with Crippen molar-refractivity contribution in [2.45, 2.75) is 12.5 Å². The highest BCUT2D eigenvalue weighted by Crippen LogP contribution is 2.29. The number of amides is 1. The van der Waals surface area contributed by atoms with Crippen molar-refractivity contribution in [2.75, 3.05) is 20.8 Å². The molecular weight excluding hydrogens is 354 g/mol. The number of hydrogen-bond acceptors (Lipinski definition) is 4. The van der Waals surface area contributed by atoms with Crippen LogP contribution < -0.4 is 10.1 Å². The van der Waals surface area contributed by atoms with Crippen molar-refractivity contribution < 1.29 is 18.7 Å². The number of nitrogens with one attached hydrogen (secondary N) is 1. The fourth-order valence-corrected chi connectivity index (χ4v) is 2.94. The highest BCUT2D eigenvalue weighted by molar-refractivity contribution is 6.30. The van der Waals surface area contributed by atoms with Crippen LogP contribution in [-0.4, -0.2) is 26.7 Å². The van der Waals surface area contributed by atoms with Gasteiger partial charge in [-0.1, -0.05) is 35.9 Å². The van der Waals surface area contributed by atoms with Crippen LogP contribution in [0.2, 0.25) is 5.02 Å². The molecule has 1 heterocycles. The van der Waals surface area contributed by atoms with Gasteiger partial charge in [-0.05, 0) is 36.8 Å². The van der Waals surface area contributed by atoms with Crippen molar-refractivity contribution in [2.24, 2.45) is 0 Å². The van der Waals surface area contributed by atoms with Gasteiger partial charge in [0, 0.05) is 17.5 Å². The standard InChI is InChI=1S/C20H20ClNO4/c1-20(25-3,14-7-5-8-15(21)11-14)12-22-19(23)17-10-13-6-4-9-16(24-2)18(13)26-17/h4-11H,12H2,1-3H3,(H,22,23)/t20-/m0/s1. The Morgan fingerprint density at radius 1 is 1.19 bits per heavy atom. The van der Waals surface area contributed by atoms with Gasteiger partial charge in [-0.25, -0.2) is 0 Å². The zero-order chi connectivity index (χ0) is 18.7. The number of ether oxygens (including phenoxy) is 2. The summed E-state index contributed by atoms with van der Waals surface area (Å²) in [5.74, 6) is 0.477. The Morgan fingerprint density at radius 3 is 2.65 bits per heavy atom. The minimum absolute atomic E-state index is 0.217. The number of rotatable bonds is 6. The lowest BCUT2D eigenvalue weighted by molar-refractivity contribution is 0.00295. The topological polar surface area (TPSA) is 60.7 Å². The van der Waals surface area contributed by atoms with Crippen molar-refractivity contribution in [1.29, 1.82) is 0 Å². The summed E-state index contributed by atoms with van der Waals surface area (Å²) in [7, 11) is 3.16. The van der Waals surface area contributed by atoms with Crippen LogP contribution in [0.5, 0.6) is 5.75 Å². The van der Waals surface area contributed by atoms with Crippen LogP contribution in [-0.2, 0) is 10.3 Å². The van der Waals surface area contributed by atoms with E-state index in [2.05, 4.69) is 5.32 Å². The van der Waals surface area contributed by atoms with Crippen LogP contribution in [0.4, 0.5) is 0 Å². The normalized spacial score (nSPS) is 13.4. The first kappa shape index (κ1) is 18.3. The van der Waals surface area contributed by atoms with E-state index in [-0.39, 0.29) is 18.2 Å². The van der Waals surface area contributed by atoms with Crippen molar-refractivity contribution in [3.8, 4) is 5.75 Å². The monoisotopic (exact) mass is 373 g/mol. The average molecular weight is 374 g/mol. The number of furan rings is 1. The Morgan fingerprint density at radius 2 is 1.96 bits per heavy atom. The molecule has 2 aromatic carbocycles. The highest BCUT2D eigenvalue weighted by atomic mass is 35.5. The quantitative estimate of drug-likeness (QED) is 0.696. The van der Waals surface area contributed by atoms with Gasteiger partial charge in [0.2, 0.25) is 0 Å². The first-order chi connectivity index (χ1) is 12.5. The zero-order valence-corrected chi connectivity index (χ0v) is 15.6. The predicted molar refractivity (Wildman–Crippen MR) is 101 cm³/mol. The Labute approximate surface area is 156 Å². The summed E-state index contributed by atoms with van der Waals surface area (Å²) in [5, 5.41) is 4.28. The summed E-state index contributed by atoms with van der Waals surface area (Å²) in [5.41, 5.74) is 0.702. The number of hydrogen-bond donors (Lipinski definition) is 1. The van der Waals surface area contributed by atoms with Gasteiger partial charge in [0.05, 0.1) is 13.7 Å². The van der Waals surface area contributed by atoms with E-state index in [0.29, 0.717) is 16.4 Å². The van der Waals surface area contributed by atoms with Gasteiger partial charge >= 0.3 is 0 Å². The summed E-state index contributed by atoms with van der Waals surface area (Å²) in [6.45, 7) is 2.15. The second-order valence-electron chi connectivity index (χ2n) is 6.12. The molecule has 1 N–H and O–H groups in total. The maximum absolute atomic E-state index is 12.5. The summed E-state index contributed by atoms with van der Waals surface area (Å²) in [4.78, 5) is 12.5. The smallest absolute Gasteiger partial charge is 0.287 e. The number of fused-ring (bicyclic) bond motifs is 1. The van der Waals surface area contributed by atoms with E-state index in [0.717, 1.165) is 10.9 Å². The summed E-state index contributed by atoms with van der Waals surface area (Å²) >= 11 is 6.07. The lowest BCUT2D eigenvalue weighted by atomic mass is 9.95. The molecular formula is C20H20ClNO4. The van der Waals surface area contributed by atoms with E-state index in [9.17, 15) is 4.79 Å². The number of methoxy groups -OCH3 is 2. The van der Waals surface area contributed by atoms with E-state index < -0.39 is 5.60 Å². The van der Waals surface area contributed by atoms with Gasteiger partial charge in [-0.2, -0.15) is 0 Å². The molecule has 0 saturated carbocycles. The number of para-hydroxylation sites is 1. The molecule has 1 aromatic heterocycles. The third-order valence-corrected chi connectivity index (χ3v) is 4.66. The Bertz CT molecular complexity index is 936. The van der Waals surface area contributed by atoms with Crippen LogP contribution in [0.3, 0.4) is 0 Å². The van der Waals surface area contributed by atoms with Gasteiger partial charge in [-0.15, -0.1) is 0 Å². The van der Waals surface area contributed by atoms with Crippen LogP contribution in [0.25, 0.3) is 11.0 Å². The van der Waals surface area contributed by atoms with Gasteiger partial charge in [0.1, 0.15) is 5.60 Å². The highest BCUT2D eigenvalue weighted by Gasteiger charge is 2.28. The van der Waals surface area contributed by atoms with Crippen LogP contribution in [0.15, 0.2) is 52.9 Å². The van der Waals surface area contributed by atoms with Gasteiger partial charge < -0.3 is 19.2 Å². The van der Waals surface area contributed by atoms with E-state index in [4.69, 9.17) is 25.5 Å². The Kier molecular flexibility index (Phi) is 5.20. The molecule has 136 valence electrons. The first-order valence-corrected chi connectivity index (χ1v) is 8.50. The van der Waals surface area contributed by atoms with E-state index in [1.165, 1.54) is 0 Å². The van der Waals surface area contributed by atoms with Gasteiger partial charge in [-0.3, -0.25) is 4.79 Å². The molecule has 26 heavy (non-hydrogen) atoms. The van der Waals surface area contributed by atoms with E-state index in [1.807, 2.05) is 37.3 Å². The van der Waals surface area contributed by atoms with Gasteiger partial charge in [0.15, 0.2) is 17.1 Å². The second kappa shape index (κ2) is 7.40. The molecule has 0 aliphatic heterocycles. The molecule has 0 aliphatic carbocycles. The molecule has 0 radical (unpaired) electrons. The molecule has 3 rings (SSSR count). The molecule has 0 aliphatic rings. The van der Waals surface area contributed by atoms with Crippen LogP contribution >= 0.6 is 11.6 Å². The summed E-state index contributed by atoms with van der Waals surface area (Å²) in [6, 6.07) is 14.6. The SMILES string of the molecule is COc1cccc2cc(C(=O)NC[C@](C)(OC)c3cccc(Cl)c3)oc12. The molecule has 6 heteroatoms. The lowest BCUT2D eigenvalue weighted by Gasteiger charge is -2.29. The van der Waals surface area contributed by atoms with Crippen molar-refractivity contribution in [1.82, 2.24) is 5.32 Å². The first-order valence-electron chi connectivity index (χ1n) is 8.13. The molecule has 1 amide bonds. The average Bonchev–Trinajstić information content (AvgIpc) is 3.10. The van der Waals surface area contributed by atoms with Crippen LogP contribution in [0.1, 0.15) is 23.0 Å². The second-order valence-corrected chi connectivity index (χ2v) is 6.55. The Balaban J connectivity index is 1.79. The lowest BCUT2D eigenvalue weighted by Crippen LogP contribution is -2.40. The third kappa shape index (κ3) is 3.54. The minimum atomic E-state index is -0.718. The minimum Gasteiger partial charge on any atom is -0.493 e. The van der Waals surface area contributed by atoms with Crippen molar-refractivity contribution in [3.05, 3.63) is 64.9 Å². The number of carbonyl (C=O) groups excluding carboxylic acids is 1. The molecule has 1 atom stereocenters. The van der Waals surface area contributed by atoms with E-state index in [1.54, 1.807) is 32.4 Å².